The molecule has 31 heavy (non-hydrogen) atoms. The van der Waals surface area contributed by atoms with Crippen molar-refractivity contribution in [3.8, 4) is 5.75 Å². The molecule has 0 aliphatic rings. The molecular weight excluding hydrogens is 396 g/mol. The van der Waals surface area contributed by atoms with Gasteiger partial charge in [-0.25, -0.2) is 4.79 Å². The van der Waals surface area contributed by atoms with Crippen molar-refractivity contribution in [2.45, 2.75) is 32.9 Å². The smallest absolute Gasteiger partial charge is 0.330 e. The zero-order valence-electron chi connectivity index (χ0n) is 18.6. The highest BCUT2D eigenvalue weighted by Crippen LogP contribution is 2.22. The summed E-state index contributed by atoms with van der Waals surface area (Å²) in [5.41, 5.74) is 0.886. The van der Waals surface area contributed by atoms with Crippen molar-refractivity contribution >= 4 is 17.8 Å². The summed E-state index contributed by atoms with van der Waals surface area (Å²) in [5.74, 6) is -1.32. The SMILES string of the molecule is CCOc1ccccc1C(=O)N[C@H](C(=O)OC(C(=O)N(C)C)c1ccccc1)C(C)C. The van der Waals surface area contributed by atoms with Crippen LogP contribution in [-0.4, -0.2) is 49.4 Å². The highest BCUT2D eigenvalue weighted by Gasteiger charge is 2.33. The maximum atomic E-state index is 13.0. The van der Waals surface area contributed by atoms with Crippen LogP contribution in [0, 0.1) is 5.92 Å². The molecule has 0 spiro atoms. The van der Waals surface area contributed by atoms with E-state index in [2.05, 4.69) is 5.32 Å². The topological polar surface area (TPSA) is 84.9 Å². The van der Waals surface area contributed by atoms with Crippen LogP contribution in [0.3, 0.4) is 0 Å². The third-order valence-corrected chi connectivity index (χ3v) is 4.64. The third-order valence-electron chi connectivity index (χ3n) is 4.64. The van der Waals surface area contributed by atoms with Crippen molar-refractivity contribution in [1.82, 2.24) is 10.2 Å². The minimum Gasteiger partial charge on any atom is -0.493 e. The molecule has 0 radical (unpaired) electrons. The van der Waals surface area contributed by atoms with E-state index in [-0.39, 0.29) is 11.8 Å². The highest BCUT2D eigenvalue weighted by molar-refractivity contribution is 5.99. The lowest BCUT2D eigenvalue weighted by molar-refractivity contribution is -0.162. The molecular formula is C24H30N2O5. The molecule has 1 unspecified atom stereocenters. The maximum absolute atomic E-state index is 13.0. The number of carbonyl (C=O) groups excluding carboxylic acids is 3. The van der Waals surface area contributed by atoms with E-state index in [4.69, 9.17) is 9.47 Å². The number of para-hydroxylation sites is 1. The van der Waals surface area contributed by atoms with E-state index in [0.717, 1.165) is 0 Å². The molecule has 2 aromatic carbocycles. The summed E-state index contributed by atoms with van der Waals surface area (Å²) >= 11 is 0. The third kappa shape index (κ3) is 6.31. The number of benzene rings is 2. The van der Waals surface area contributed by atoms with Crippen molar-refractivity contribution in [1.29, 1.82) is 0 Å². The molecule has 0 fully saturated rings. The van der Waals surface area contributed by atoms with E-state index in [9.17, 15) is 14.4 Å². The van der Waals surface area contributed by atoms with E-state index in [1.54, 1.807) is 76.5 Å². The maximum Gasteiger partial charge on any atom is 0.330 e. The zero-order chi connectivity index (χ0) is 23.0. The molecule has 0 saturated carbocycles. The molecule has 1 N–H and O–H groups in total. The number of esters is 1. The van der Waals surface area contributed by atoms with Crippen LogP contribution in [0.25, 0.3) is 0 Å². The summed E-state index contributed by atoms with van der Waals surface area (Å²) in [6.45, 7) is 5.83. The van der Waals surface area contributed by atoms with Crippen molar-refractivity contribution in [2.75, 3.05) is 20.7 Å². The molecule has 7 heteroatoms. The molecule has 7 nitrogen and oxygen atoms in total. The molecule has 0 aliphatic carbocycles. The summed E-state index contributed by atoms with van der Waals surface area (Å²) in [6.07, 6.45) is -1.10. The first-order chi connectivity index (χ1) is 14.8. The standard InChI is InChI=1S/C24H30N2O5/c1-6-30-19-15-11-10-14-18(19)22(27)25-20(16(2)3)24(29)31-21(23(28)26(4)5)17-12-8-7-9-13-17/h7-16,20-21H,6H2,1-5H3,(H,25,27)/t20-,21?/m0/s1. The summed E-state index contributed by atoms with van der Waals surface area (Å²) in [7, 11) is 3.19. The number of amides is 2. The number of nitrogens with zero attached hydrogens (tertiary/aromatic N) is 1. The zero-order valence-corrected chi connectivity index (χ0v) is 18.6. The van der Waals surface area contributed by atoms with Gasteiger partial charge in [0.2, 0.25) is 6.10 Å². The van der Waals surface area contributed by atoms with Crippen LogP contribution in [0.5, 0.6) is 5.75 Å². The Balaban J connectivity index is 2.24. The van der Waals surface area contributed by atoms with E-state index in [1.807, 2.05) is 13.0 Å². The molecule has 2 rings (SSSR count). The van der Waals surface area contributed by atoms with Crippen LogP contribution >= 0.6 is 0 Å². The van der Waals surface area contributed by atoms with E-state index in [1.165, 1.54) is 4.90 Å². The van der Waals surface area contributed by atoms with Gasteiger partial charge in [0.15, 0.2) is 0 Å². The lowest BCUT2D eigenvalue weighted by Gasteiger charge is -2.26. The molecule has 0 aromatic heterocycles. The van der Waals surface area contributed by atoms with Gasteiger partial charge >= 0.3 is 5.97 Å². The molecule has 166 valence electrons. The Morgan fingerprint density at radius 1 is 0.968 bits per heavy atom. The first-order valence-corrected chi connectivity index (χ1v) is 10.3. The Kier molecular flexibility index (Phi) is 8.61. The van der Waals surface area contributed by atoms with Crippen molar-refractivity contribution in [2.24, 2.45) is 5.92 Å². The monoisotopic (exact) mass is 426 g/mol. The summed E-state index contributed by atoms with van der Waals surface area (Å²) < 4.78 is 11.1. The first-order valence-electron chi connectivity index (χ1n) is 10.3. The Morgan fingerprint density at radius 3 is 2.16 bits per heavy atom. The van der Waals surface area contributed by atoms with Crippen LogP contribution in [-0.2, 0) is 14.3 Å². The van der Waals surface area contributed by atoms with Gasteiger partial charge in [-0.1, -0.05) is 56.3 Å². The Labute approximate surface area is 183 Å². The van der Waals surface area contributed by atoms with Gasteiger partial charge in [0.05, 0.1) is 12.2 Å². The van der Waals surface area contributed by atoms with Crippen LogP contribution in [0.2, 0.25) is 0 Å². The molecule has 2 amide bonds. The number of hydrogen-bond donors (Lipinski definition) is 1. The first kappa shape index (κ1) is 23.9. The molecule has 0 bridgehead atoms. The number of rotatable bonds is 9. The van der Waals surface area contributed by atoms with Crippen molar-refractivity contribution in [3.05, 3.63) is 65.7 Å². The van der Waals surface area contributed by atoms with Crippen LogP contribution in [0.4, 0.5) is 0 Å². The molecule has 2 aromatic rings. The average molecular weight is 427 g/mol. The number of hydrogen-bond acceptors (Lipinski definition) is 5. The average Bonchev–Trinajstić information content (AvgIpc) is 2.76. The number of ether oxygens (including phenoxy) is 2. The van der Waals surface area contributed by atoms with E-state index < -0.39 is 24.0 Å². The number of likely N-dealkylation sites (N-methyl/N-ethyl adjacent to an activating group) is 1. The summed E-state index contributed by atoms with van der Waals surface area (Å²) in [4.78, 5) is 40.0. The second kappa shape index (κ2) is 11.2. The summed E-state index contributed by atoms with van der Waals surface area (Å²) in [6, 6.07) is 14.7. The molecule has 2 atom stereocenters. The quantitative estimate of drug-likeness (QED) is 0.623. The Bertz CT molecular complexity index is 896. The van der Waals surface area contributed by atoms with Gasteiger partial charge in [0.25, 0.3) is 11.8 Å². The number of carbonyl (C=O) groups is 3. The minimum absolute atomic E-state index is 0.262. The Morgan fingerprint density at radius 2 is 1.58 bits per heavy atom. The van der Waals surface area contributed by atoms with E-state index >= 15 is 0 Å². The van der Waals surface area contributed by atoms with E-state index in [0.29, 0.717) is 23.5 Å². The predicted octanol–water partition coefficient (Wildman–Crippen LogP) is 3.21. The fraction of sp³-hybridized carbons (Fsp3) is 0.375. The largest absolute Gasteiger partial charge is 0.493 e. The number of nitrogens with one attached hydrogen (secondary N) is 1. The van der Waals surface area contributed by atoms with Gasteiger partial charge in [0.1, 0.15) is 11.8 Å². The lowest BCUT2D eigenvalue weighted by atomic mass is 10.0. The van der Waals surface area contributed by atoms with Gasteiger partial charge in [-0.15, -0.1) is 0 Å². The van der Waals surface area contributed by atoms with Gasteiger partial charge < -0.3 is 19.7 Å². The van der Waals surface area contributed by atoms with Gasteiger partial charge in [-0.3, -0.25) is 9.59 Å². The second-order valence-electron chi connectivity index (χ2n) is 7.58. The molecule has 0 saturated heterocycles. The van der Waals surface area contributed by atoms with Crippen LogP contribution in [0.15, 0.2) is 54.6 Å². The minimum atomic E-state index is -1.10. The normalized spacial score (nSPS) is 12.6. The molecule has 0 heterocycles. The highest BCUT2D eigenvalue weighted by atomic mass is 16.5. The van der Waals surface area contributed by atoms with Gasteiger partial charge in [-0.2, -0.15) is 0 Å². The fourth-order valence-electron chi connectivity index (χ4n) is 2.97. The summed E-state index contributed by atoms with van der Waals surface area (Å²) in [5, 5.41) is 2.74. The fourth-order valence-corrected chi connectivity index (χ4v) is 2.97. The predicted molar refractivity (Wildman–Crippen MR) is 118 cm³/mol. The van der Waals surface area contributed by atoms with Gasteiger partial charge in [0, 0.05) is 19.7 Å². The molecule has 0 aliphatic heterocycles. The van der Waals surface area contributed by atoms with Gasteiger partial charge in [-0.05, 0) is 25.0 Å². The van der Waals surface area contributed by atoms with Crippen LogP contribution in [0.1, 0.15) is 42.8 Å². The van der Waals surface area contributed by atoms with Crippen molar-refractivity contribution < 1.29 is 23.9 Å². The van der Waals surface area contributed by atoms with Crippen LogP contribution < -0.4 is 10.1 Å². The second-order valence-corrected chi connectivity index (χ2v) is 7.58. The van der Waals surface area contributed by atoms with Crippen molar-refractivity contribution in [3.63, 3.8) is 0 Å². The lowest BCUT2D eigenvalue weighted by Crippen LogP contribution is -2.46. The Hall–Kier alpha value is -3.35.